The SMILES string of the molecule is CCCCCN(C(=O)CCN1CCN(C(=O)OC(C)(C)C)CC1)c1ccccc1. The monoisotopic (exact) mass is 403 g/mol. The van der Waals surface area contributed by atoms with E-state index in [-0.39, 0.29) is 12.0 Å². The van der Waals surface area contributed by atoms with Crippen LogP contribution in [0.2, 0.25) is 0 Å². The highest BCUT2D eigenvalue weighted by atomic mass is 16.6. The van der Waals surface area contributed by atoms with E-state index in [0.717, 1.165) is 51.1 Å². The molecular formula is C23H37N3O3. The summed E-state index contributed by atoms with van der Waals surface area (Å²) >= 11 is 0. The van der Waals surface area contributed by atoms with E-state index in [2.05, 4.69) is 11.8 Å². The van der Waals surface area contributed by atoms with Gasteiger partial charge in [-0.1, -0.05) is 38.0 Å². The maximum Gasteiger partial charge on any atom is 0.410 e. The normalized spacial score (nSPS) is 15.2. The van der Waals surface area contributed by atoms with Crippen molar-refractivity contribution in [1.82, 2.24) is 9.80 Å². The first-order valence-electron chi connectivity index (χ1n) is 10.9. The third-order valence-corrected chi connectivity index (χ3v) is 5.02. The van der Waals surface area contributed by atoms with Crippen LogP contribution in [0.1, 0.15) is 53.4 Å². The molecule has 1 fully saturated rings. The topological polar surface area (TPSA) is 53.1 Å². The molecule has 1 heterocycles. The smallest absolute Gasteiger partial charge is 0.410 e. The average molecular weight is 404 g/mol. The van der Waals surface area contributed by atoms with Crippen LogP contribution in [0.3, 0.4) is 0 Å². The van der Waals surface area contributed by atoms with Crippen molar-refractivity contribution in [1.29, 1.82) is 0 Å². The molecule has 2 rings (SSSR count). The molecule has 0 N–H and O–H groups in total. The largest absolute Gasteiger partial charge is 0.444 e. The van der Waals surface area contributed by atoms with Gasteiger partial charge in [-0.05, 0) is 39.3 Å². The number of rotatable bonds is 8. The van der Waals surface area contributed by atoms with Gasteiger partial charge in [0.05, 0.1) is 0 Å². The number of para-hydroxylation sites is 1. The van der Waals surface area contributed by atoms with E-state index in [4.69, 9.17) is 4.74 Å². The Bertz CT molecular complexity index is 635. The lowest BCUT2D eigenvalue weighted by atomic mass is 10.2. The van der Waals surface area contributed by atoms with Gasteiger partial charge in [0.25, 0.3) is 0 Å². The van der Waals surface area contributed by atoms with Gasteiger partial charge in [-0.15, -0.1) is 0 Å². The van der Waals surface area contributed by atoms with Gasteiger partial charge < -0.3 is 14.5 Å². The van der Waals surface area contributed by atoms with Crippen LogP contribution in [0.4, 0.5) is 10.5 Å². The number of anilines is 1. The highest BCUT2D eigenvalue weighted by Gasteiger charge is 2.26. The van der Waals surface area contributed by atoms with Crippen LogP contribution >= 0.6 is 0 Å². The zero-order chi connectivity index (χ0) is 21.3. The van der Waals surface area contributed by atoms with Crippen molar-refractivity contribution in [2.45, 2.75) is 59.0 Å². The lowest BCUT2D eigenvalue weighted by molar-refractivity contribution is -0.119. The number of amides is 2. The molecule has 1 saturated heterocycles. The number of carbonyl (C=O) groups excluding carboxylic acids is 2. The summed E-state index contributed by atoms with van der Waals surface area (Å²) < 4.78 is 5.45. The molecule has 0 spiro atoms. The Morgan fingerprint density at radius 3 is 2.28 bits per heavy atom. The fourth-order valence-corrected chi connectivity index (χ4v) is 3.39. The average Bonchev–Trinajstić information content (AvgIpc) is 2.69. The Balaban J connectivity index is 1.82. The highest BCUT2D eigenvalue weighted by Crippen LogP contribution is 2.17. The number of ether oxygens (including phenoxy) is 1. The Kier molecular flexibility index (Phi) is 8.96. The van der Waals surface area contributed by atoms with Crippen LogP contribution in [0.15, 0.2) is 30.3 Å². The van der Waals surface area contributed by atoms with E-state index in [9.17, 15) is 9.59 Å². The zero-order valence-corrected chi connectivity index (χ0v) is 18.5. The van der Waals surface area contributed by atoms with Gasteiger partial charge in [-0.25, -0.2) is 4.79 Å². The van der Waals surface area contributed by atoms with Crippen molar-refractivity contribution in [3.05, 3.63) is 30.3 Å². The molecule has 0 aliphatic carbocycles. The van der Waals surface area contributed by atoms with Gasteiger partial charge >= 0.3 is 6.09 Å². The van der Waals surface area contributed by atoms with Crippen molar-refractivity contribution in [3.8, 4) is 0 Å². The summed E-state index contributed by atoms with van der Waals surface area (Å²) in [5.74, 6) is 0.168. The molecule has 0 bridgehead atoms. The molecule has 0 radical (unpaired) electrons. The second-order valence-corrected chi connectivity index (χ2v) is 8.65. The molecule has 162 valence electrons. The summed E-state index contributed by atoms with van der Waals surface area (Å²) in [5, 5.41) is 0. The van der Waals surface area contributed by atoms with E-state index in [1.807, 2.05) is 56.0 Å². The van der Waals surface area contributed by atoms with Crippen molar-refractivity contribution >= 4 is 17.7 Å². The van der Waals surface area contributed by atoms with Crippen LogP contribution in [0.5, 0.6) is 0 Å². The minimum absolute atomic E-state index is 0.168. The van der Waals surface area contributed by atoms with Crippen molar-refractivity contribution in [2.75, 3.05) is 44.2 Å². The summed E-state index contributed by atoms with van der Waals surface area (Å²) in [4.78, 5) is 31.0. The number of piperazine rings is 1. The maximum absolute atomic E-state index is 12.9. The second kappa shape index (κ2) is 11.2. The van der Waals surface area contributed by atoms with Crippen molar-refractivity contribution in [2.24, 2.45) is 0 Å². The van der Waals surface area contributed by atoms with Gasteiger partial charge in [0.2, 0.25) is 5.91 Å². The van der Waals surface area contributed by atoms with Crippen LogP contribution in [0.25, 0.3) is 0 Å². The Labute approximate surface area is 175 Å². The molecule has 6 heteroatoms. The second-order valence-electron chi connectivity index (χ2n) is 8.65. The van der Waals surface area contributed by atoms with Crippen LogP contribution < -0.4 is 4.90 Å². The lowest BCUT2D eigenvalue weighted by Crippen LogP contribution is -2.50. The van der Waals surface area contributed by atoms with Crippen LogP contribution in [-0.2, 0) is 9.53 Å². The first-order chi connectivity index (χ1) is 13.8. The van der Waals surface area contributed by atoms with E-state index < -0.39 is 5.60 Å². The van der Waals surface area contributed by atoms with Crippen LogP contribution in [0, 0.1) is 0 Å². The quantitative estimate of drug-likeness (QED) is 0.612. The Hall–Kier alpha value is -2.08. The summed E-state index contributed by atoms with van der Waals surface area (Å²) in [7, 11) is 0. The van der Waals surface area contributed by atoms with Gasteiger partial charge in [-0.3, -0.25) is 9.69 Å². The molecule has 0 aromatic heterocycles. The minimum atomic E-state index is -0.473. The molecule has 1 aromatic rings. The molecule has 0 atom stereocenters. The third-order valence-electron chi connectivity index (χ3n) is 5.02. The summed E-state index contributed by atoms with van der Waals surface area (Å²) in [6, 6.07) is 9.94. The summed E-state index contributed by atoms with van der Waals surface area (Å²) in [6.45, 7) is 12.1. The first-order valence-corrected chi connectivity index (χ1v) is 10.9. The van der Waals surface area contributed by atoms with E-state index in [1.54, 1.807) is 4.90 Å². The predicted molar refractivity (Wildman–Crippen MR) is 117 cm³/mol. The molecular weight excluding hydrogens is 366 g/mol. The van der Waals surface area contributed by atoms with Gasteiger partial charge in [0.1, 0.15) is 5.60 Å². The molecule has 0 saturated carbocycles. The number of nitrogens with zero attached hydrogens (tertiary/aromatic N) is 3. The number of unbranched alkanes of at least 4 members (excludes halogenated alkanes) is 2. The Morgan fingerprint density at radius 1 is 1.03 bits per heavy atom. The molecule has 1 aliphatic rings. The van der Waals surface area contributed by atoms with Crippen LogP contribution in [-0.4, -0.2) is 66.7 Å². The molecule has 1 aliphatic heterocycles. The number of benzene rings is 1. The fourth-order valence-electron chi connectivity index (χ4n) is 3.39. The van der Waals surface area contributed by atoms with Gasteiger partial charge in [0, 0.05) is 51.4 Å². The first kappa shape index (κ1) is 23.2. The molecule has 29 heavy (non-hydrogen) atoms. The number of hydrogen-bond donors (Lipinski definition) is 0. The number of carbonyl (C=O) groups is 2. The number of hydrogen-bond acceptors (Lipinski definition) is 4. The predicted octanol–water partition coefficient (Wildman–Crippen LogP) is 4.15. The fraction of sp³-hybridized carbons (Fsp3) is 0.652. The summed E-state index contributed by atoms with van der Waals surface area (Å²) in [6.07, 6.45) is 3.53. The van der Waals surface area contributed by atoms with Gasteiger partial charge in [0.15, 0.2) is 0 Å². The van der Waals surface area contributed by atoms with Crippen molar-refractivity contribution < 1.29 is 14.3 Å². The zero-order valence-electron chi connectivity index (χ0n) is 18.5. The molecule has 2 amide bonds. The molecule has 6 nitrogen and oxygen atoms in total. The van der Waals surface area contributed by atoms with Crippen molar-refractivity contribution in [3.63, 3.8) is 0 Å². The molecule has 1 aromatic carbocycles. The van der Waals surface area contributed by atoms with E-state index in [1.165, 1.54) is 0 Å². The van der Waals surface area contributed by atoms with E-state index >= 15 is 0 Å². The standard InChI is InChI=1S/C23H37N3O3/c1-5-6-10-14-26(20-11-8-7-9-12-20)21(27)13-15-24-16-18-25(19-17-24)22(28)29-23(2,3)4/h7-9,11-12H,5-6,10,13-19H2,1-4H3. The molecule has 0 unspecified atom stereocenters. The lowest BCUT2D eigenvalue weighted by Gasteiger charge is -2.35. The van der Waals surface area contributed by atoms with Gasteiger partial charge in [-0.2, -0.15) is 0 Å². The van der Waals surface area contributed by atoms with E-state index in [0.29, 0.717) is 19.5 Å². The Morgan fingerprint density at radius 2 is 1.69 bits per heavy atom. The third kappa shape index (κ3) is 8.05. The maximum atomic E-state index is 12.9. The minimum Gasteiger partial charge on any atom is -0.444 e. The summed E-state index contributed by atoms with van der Waals surface area (Å²) in [5.41, 5.74) is 0.502. The highest BCUT2D eigenvalue weighted by molar-refractivity contribution is 5.93.